The van der Waals surface area contributed by atoms with Gasteiger partial charge in [-0.05, 0) is 63.3 Å². The van der Waals surface area contributed by atoms with Crippen molar-refractivity contribution in [3.8, 4) is 5.75 Å². The standard InChI is InChI=1S/C17H25NO2/c1-18-17(12-15-6-2-3-10-19-15)13-5-4-7-16(11-13)20-14-8-9-14/h4-5,7,11,14-15,17-18H,2-3,6,8-10,12H2,1H3. The summed E-state index contributed by atoms with van der Waals surface area (Å²) < 4.78 is 11.8. The molecule has 1 saturated carbocycles. The summed E-state index contributed by atoms with van der Waals surface area (Å²) in [6, 6.07) is 8.87. The number of ether oxygens (including phenoxy) is 2. The molecular weight excluding hydrogens is 250 g/mol. The lowest BCUT2D eigenvalue weighted by atomic mass is 9.96. The minimum atomic E-state index is 0.348. The van der Waals surface area contributed by atoms with Crippen LogP contribution in [0.5, 0.6) is 5.75 Å². The second-order valence-corrected chi connectivity index (χ2v) is 5.96. The van der Waals surface area contributed by atoms with Crippen molar-refractivity contribution in [3.63, 3.8) is 0 Å². The monoisotopic (exact) mass is 275 g/mol. The maximum absolute atomic E-state index is 5.89. The summed E-state index contributed by atoms with van der Waals surface area (Å²) in [6.45, 7) is 0.923. The van der Waals surface area contributed by atoms with Gasteiger partial charge in [-0.1, -0.05) is 12.1 Å². The summed E-state index contributed by atoms with van der Waals surface area (Å²) in [6.07, 6.45) is 8.01. The van der Waals surface area contributed by atoms with Gasteiger partial charge in [-0.3, -0.25) is 0 Å². The molecule has 1 aromatic carbocycles. The summed E-state index contributed by atoms with van der Waals surface area (Å²) in [5.74, 6) is 1.01. The fourth-order valence-electron chi connectivity index (χ4n) is 2.86. The molecule has 20 heavy (non-hydrogen) atoms. The SMILES string of the molecule is CNC(CC1CCCCO1)c1cccc(OC2CC2)c1. The fourth-order valence-corrected chi connectivity index (χ4v) is 2.86. The molecule has 3 heteroatoms. The molecule has 2 fully saturated rings. The number of hydrogen-bond acceptors (Lipinski definition) is 3. The van der Waals surface area contributed by atoms with Gasteiger partial charge in [0.1, 0.15) is 5.75 Å². The minimum Gasteiger partial charge on any atom is -0.490 e. The van der Waals surface area contributed by atoms with Gasteiger partial charge in [0.25, 0.3) is 0 Å². The van der Waals surface area contributed by atoms with Crippen LogP contribution in [0, 0.1) is 0 Å². The van der Waals surface area contributed by atoms with E-state index in [1.807, 2.05) is 7.05 Å². The van der Waals surface area contributed by atoms with Crippen LogP contribution >= 0.6 is 0 Å². The van der Waals surface area contributed by atoms with Crippen LogP contribution in [0.1, 0.15) is 50.1 Å². The molecule has 0 aromatic heterocycles. The van der Waals surface area contributed by atoms with E-state index in [4.69, 9.17) is 9.47 Å². The molecule has 1 aromatic rings. The zero-order valence-electron chi connectivity index (χ0n) is 12.3. The first kappa shape index (κ1) is 13.9. The zero-order chi connectivity index (χ0) is 13.8. The van der Waals surface area contributed by atoms with E-state index in [1.54, 1.807) is 0 Å². The highest BCUT2D eigenvalue weighted by Gasteiger charge is 2.24. The van der Waals surface area contributed by atoms with Gasteiger partial charge in [-0.15, -0.1) is 0 Å². The number of benzene rings is 1. The lowest BCUT2D eigenvalue weighted by Gasteiger charge is -2.27. The Bertz CT molecular complexity index is 425. The van der Waals surface area contributed by atoms with Crippen molar-refractivity contribution >= 4 is 0 Å². The van der Waals surface area contributed by atoms with E-state index in [1.165, 1.54) is 37.7 Å². The number of hydrogen-bond donors (Lipinski definition) is 1. The van der Waals surface area contributed by atoms with Crippen molar-refractivity contribution in [3.05, 3.63) is 29.8 Å². The van der Waals surface area contributed by atoms with E-state index in [-0.39, 0.29) is 0 Å². The summed E-state index contributed by atoms with van der Waals surface area (Å²) in [7, 11) is 2.03. The van der Waals surface area contributed by atoms with E-state index >= 15 is 0 Å². The summed E-state index contributed by atoms with van der Waals surface area (Å²) in [5.41, 5.74) is 1.31. The minimum absolute atomic E-state index is 0.348. The van der Waals surface area contributed by atoms with Crippen molar-refractivity contribution in [1.82, 2.24) is 5.32 Å². The normalized spacial score (nSPS) is 24.4. The van der Waals surface area contributed by atoms with E-state index in [0.29, 0.717) is 18.2 Å². The first-order chi connectivity index (χ1) is 9.85. The van der Waals surface area contributed by atoms with Crippen LogP contribution in [-0.2, 0) is 4.74 Å². The van der Waals surface area contributed by atoms with Gasteiger partial charge in [0, 0.05) is 12.6 Å². The lowest BCUT2D eigenvalue weighted by Crippen LogP contribution is -2.26. The molecule has 1 heterocycles. The van der Waals surface area contributed by atoms with Gasteiger partial charge >= 0.3 is 0 Å². The summed E-state index contributed by atoms with van der Waals surface area (Å²) >= 11 is 0. The Morgan fingerprint density at radius 2 is 2.20 bits per heavy atom. The van der Waals surface area contributed by atoms with E-state index in [0.717, 1.165) is 18.8 Å². The molecule has 110 valence electrons. The zero-order valence-corrected chi connectivity index (χ0v) is 12.3. The maximum Gasteiger partial charge on any atom is 0.120 e. The Morgan fingerprint density at radius 1 is 1.30 bits per heavy atom. The third-order valence-electron chi connectivity index (χ3n) is 4.21. The van der Waals surface area contributed by atoms with Crippen LogP contribution in [0.15, 0.2) is 24.3 Å². The molecular formula is C17H25NO2. The Kier molecular flexibility index (Phi) is 4.58. The van der Waals surface area contributed by atoms with Crippen LogP contribution in [0.2, 0.25) is 0 Å². The van der Waals surface area contributed by atoms with Gasteiger partial charge < -0.3 is 14.8 Å². The molecule has 1 aliphatic carbocycles. The van der Waals surface area contributed by atoms with Crippen LogP contribution in [0.3, 0.4) is 0 Å². The second-order valence-electron chi connectivity index (χ2n) is 5.96. The predicted molar refractivity (Wildman–Crippen MR) is 80.1 cm³/mol. The molecule has 0 radical (unpaired) electrons. The smallest absolute Gasteiger partial charge is 0.120 e. The largest absolute Gasteiger partial charge is 0.490 e. The molecule has 2 atom stereocenters. The van der Waals surface area contributed by atoms with Gasteiger partial charge in [-0.2, -0.15) is 0 Å². The molecule has 1 aliphatic heterocycles. The number of nitrogens with one attached hydrogen (secondary N) is 1. The first-order valence-electron chi connectivity index (χ1n) is 7.90. The Balaban J connectivity index is 1.64. The lowest BCUT2D eigenvalue weighted by molar-refractivity contribution is 0.00546. The molecule has 1 N–H and O–H groups in total. The van der Waals surface area contributed by atoms with Crippen molar-refractivity contribution in [2.24, 2.45) is 0 Å². The van der Waals surface area contributed by atoms with Gasteiger partial charge in [0.2, 0.25) is 0 Å². The molecule has 1 saturated heterocycles. The van der Waals surface area contributed by atoms with Crippen molar-refractivity contribution in [2.45, 2.75) is 56.8 Å². The average molecular weight is 275 g/mol. The molecule has 2 aliphatic rings. The van der Waals surface area contributed by atoms with Gasteiger partial charge in [0.05, 0.1) is 12.2 Å². The number of rotatable bonds is 6. The quantitative estimate of drug-likeness (QED) is 0.862. The predicted octanol–water partition coefficient (Wildman–Crippen LogP) is 3.45. The van der Waals surface area contributed by atoms with E-state index in [2.05, 4.69) is 29.6 Å². The third kappa shape index (κ3) is 3.74. The van der Waals surface area contributed by atoms with E-state index in [9.17, 15) is 0 Å². The van der Waals surface area contributed by atoms with Crippen molar-refractivity contribution in [1.29, 1.82) is 0 Å². The average Bonchev–Trinajstić information content (AvgIpc) is 3.30. The Labute approximate surface area is 121 Å². The topological polar surface area (TPSA) is 30.5 Å². The Morgan fingerprint density at radius 3 is 2.90 bits per heavy atom. The second kappa shape index (κ2) is 6.59. The Hall–Kier alpha value is -1.06. The van der Waals surface area contributed by atoms with Crippen LogP contribution in [0.4, 0.5) is 0 Å². The molecule has 0 amide bonds. The molecule has 3 rings (SSSR count). The highest BCUT2D eigenvalue weighted by atomic mass is 16.5. The molecule has 0 spiro atoms. The highest BCUT2D eigenvalue weighted by Crippen LogP contribution is 2.30. The first-order valence-corrected chi connectivity index (χ1v) is 7.90. The van der Waals surface area contributed by atoms with Gasteiger partial charge in [-0.25, -0.2) is 0 Å². The third-order valence-corrected chi connectivity index (χ3v) is 4.21. The highest BCUT2D eigenvalue weighted by molar-refractivity contribution is 5.31. The van der Waals surface area contributed by atoms with E-state index < -0.39 is 0 Å². The van der Waals surface area contributed by atoms with Crippen molar-refractivity contribution < 1.29 is 9.47 Å². The van der Waals surface area contributed by atoms with Crippen LogP contribution in [-0.4, -0.2) is 25.9 Å². The molecule has 2 unspecified atom stereocenters. The maximum atomic E-state index is 5.89. The van der Waals surface area contributed by atoms with Crippen LogP contribution < -0.4 is 10.1 Å². The fraction of sp³-hybridized carbons (Fsp3) is 0.647. The summed E-state index contributed by atoms with van der Waals surface area (Å²) in [4.78, 5) is 0. The van der Waals surface area contributed by atoms with Gasteiger partial charge in [0.15, 0.2) is 0 Å². The van der Waals surface area contributed by atoms with Crippen molar-refractivity contribution in [2.75, 3.05) is 13.7 Å². The molecule has 3 nitrogen and oxygen atoms in total. The van der Waals surface area contributed by atoms with Crippen LogP contribution in [0.25, 0.3) is 0 Å². The summed E-state index contributed by atoms with van der Waals surface area (Å²) in [5, 5.41) is 3.43. The molecule has 0 bridgehead atoms.